The molecule has 0 bridgehead atoms. The number of aromatic nitrogens is 4. The Morgan fingerprint density at radius 1 is 1.00 bits per heavy atom. The predicted molar refractivity (Wildman–Crippen MR) is 147 cm³/mol. The molecule has 0 unspecified atom stereocenters. The maximum atomic E-state index is 6.25. The minimum Gasteiger partial charge on any atom is -0.478 e. The highest BCUT2D eigenvalue weighted by atomic mass is 16.5. The smallest absolute Gasteiger partial charge is 0.230 e. The number of aromatic amines is 1. The van der Waals surface area contributed by atoms with Gasteiger partial charge >= 0.3 is 0 Å². The third-order valence-electron chi connectivity index (χ3n) is 6.65. The first-order valence-corrected chi connectivity index (χ1v) is 13.6. The van der Waals surface area contributed by atoms with Crippen molar-refractivity contribution in [2.45, 2.75) is 85.5 Å². The SMILES string of the molecule is CCCCCCCCOc1[nH]n2c(C#COC)nnc2c1Cc1ccc(N(CC)CCCC)cc1C. The number of aryl methyl sites for hydroxylation is 1. The van der Waals surface area contributed by atoms with Gasteiger partial charge in [-0.15, -0.1) is 10.2 Å². The Hall–Kier alpha value is -3.14. The largest absolute Gasteiger partial charge is 0.478 e. The Morgan fingerprint density at radius 3 is 2.50 bits per heavy atom. The predicted octanol–water partition coefficient (Wildman–Crippen LogP) is 6.28. The van der Waals surface area contributed by atoms with Crippen molar-refractivity contribution in [3.8, 4) is 17.9 Å². The lowest BCUT2D eigenvalue weighted by Gasteiger charge is -2.24. The van der Waals surface area contributed by atoms with E-state index in [9.17, 15) is 0 Å². The molecule has 1 N–H and O–H groups in total. The van der Waals surface area contributed by atoms with Crippen LogP contribution in [0.3, 0.4) is 0 Å². The van der Waals surface area contributed by atoms with Gasteiger partial charge in [0.1, 0.15) is 6.11 Å². The van der Waals surface area contributed by atoms with Gasteiger partial charge in [0.25, 0.3) is 0 Å². The number of anilines is 1. The molecule has 0 aliphatic rings. The summed E-state index contributed by atoms with van der Waals surface area (Å²) in [4.78, 5) is 2.45. The lowest BCUT2D eigenvalue weighted by atomic mass is 10.0. The van der Waals surface area contributed by atoms with Crippen LogP contribution in [0.15, 0.2) is 18.2 Å². The normalized spacial score (nSPS) is 10.9. The van der Waals surface area contributed by atoms with Crippen molar-refractivity contribution in [3.63, 3.8) is 0 Å². The van der Waals surface area contributed by atoms with Crippen LogP contribution in [0.25, 0.3) is 5.65 Å². The first-order chi connectivity index (χ1) is 17.6. The minimum absolute atomic E-state index is 0.504. The van der Waals surface area contributed by atoms with E-state index in [-0.39, 0.29) is 0 Å². The summed E-state index contributed by atoms with van der Waals surface area (Å²) < 4.78 is 13.0. The molecule has 0 spiro atoms. The van der Waals surface area contributed by atoms with E-state index >= 15 is 0 Å². The molecule has 196 valence electrons. The fourth-order valence-electron chi connectivity index (χ4n) is 4.45. The molecule has 0 amide bonds. The van der Waals surface area contributed by atoms with Gasteiger partial charge in [-0.1, -0.05) is 58.4 Å². The Bertz CT molecular complexity index is 1140. The van der Waals surface area contributed by atoms with Crippen molar-refractivity contribution >= 4 is 11.3 Å². The van der Waals surface area contributed by atoms with Crippen molar-refractivity contribution in [1.29, 1.82) is 0 Å². The molecule has 36 heavy (non-hydrogen) atoms. The Balaban J connectivity index is 1.81. The van der Waals surface area contributed by atoms with E-state index in [0.717, 1.165) is 36.6 Å². The van der Waals surface area contributed by atoms with Crippen molar-refractivity contribution in [2.24, 2.45) is 0 Å². The zero-order valence-electron chi connectivity index (χ0n) is 22.8. The summed E-state index contributed by atoms with van der Waals surface area (Å²) in [6.07, 6.45) is 13.1. The molecule has 3 aromatic rings. The molecule has 0 saturated heterocycles. The molecular formula is C29H43N5O2. The lowest BCUT2D eigenvalue weighted by Crippen LogP contribution is -2.23. The van der Waals surface area contributed by atoms with Crippen LogP contribution < -0.4 is 9.64 Å². The highest BCUT2D eigenvalue weighted by Gasteiger charge is 2.19. The molecule has 0 fully saturated rings. The highest BCUT2D eigenvalue weighted by molar-refractivity contribution is 5.58. The average molecular weight is 494 g/mol. The van der Waals surface area contributed by atoms with Crippen LogP contribution in [0.2, 0.25) is 0 Å². The number of rotatable bonds is 15. The van der Waals surface area contributed by atoms with Crippen LogP contribution in [0, 0.1) is 19.0 Å². The fourth-order valence-corrected chi connectivity index (χ4v) is 4.45. The molecule has 7 heteroatoms. The molecule has 0 saturated carbocycles. The molecule has 1 aromatic carbocycles. The fraction of sp³-hybridized carbons (Fsp3) is 0.586. The molecule has 0 aliphatic heterocycles. The van der Waals surface area contributed by atoms with Crippen LogP contribution in [0.1, 0.15) is 94.7 Å². The molecule has 0 radical (unpaired) electrons. The molecule has 7 nitrogen and oxygen atoms in total. The lowest BCUT2D eigenvalue weighted by molar-refractivity contribution is 0.289. The van der Waals surface area contributed by atoms with Crippen LogP contribution in [0.4, 0.5) is 5.69 Å². The number of hydrogen-bond donors (Lipinski definition) is 1. The molecule has 0 atom stereocenters. The van der Waals surface area contributed by atoms with Crippen molar-refractivity contribution in [2.75, 3.05) is 31.7 Å². The van der Waals surface area contributed by atoms with E-state index in [2.05, 4.69) is 78.1 Å². The summed E-state index contributed by atoms with van der Waals surface area (Å²) in [7, 11) is 1.54. The van der Waals surface area contributed by atoms with Gasteiger partial charge in [-0.25, -0.2) is 4.52 Å². The molecule has 3 rings (SSSR count). The van der Waals surface area contributed by atoms with Gasteiger partial charge in [0.2, 0.25) is 11.7 Å². The average Bonchev–Trinajstić information content (AvgIpc) is 3.43. The zero-order chi connectivity index (χ0) is 25.8. The van der Waals surface area contributed by atoms with Crippen molar-refractivity contribution in [3.05, 3.63) is 40.7 Å². The summed E-state index contributed by atoms with van der Waals surface area (Å²) in [5.74, 6) is 4.15. The summed E-state index contributed by atoms with van der Waals surface area (Å²) in [6.45, 7) is 11.7. The van der Waals surface area contributed by atoms with Gasteiger partial charge in [0.05, 0.1) is 19.3 Å². The van der Waals surface area contributed by atoms with E-state index in [1.54, 1.807) is 4.52 Å². The van der Waals surface area contributed by atoms with E-state index in [4.69, 9.17) is 9.47 Å². The van der Waals surface area contributed by atoms with Crippen LogP contribution in [0.5, 0.6) is 5.88 Å². The number of nitrogens with zero attached hydrogens (tertiary/aromatic N) is 4. The maximum absolute atomic E-state index is 6.25. The van der Waals surface area contributed by atoms with E-state index in [1.165, 1.54) is 68.9 Å². The minimum atomic E-state index is 0.504. The third-order valence-corrected chi connectivity index (χ3v) is 6.65. The second kappa shape index (κ2) is 14.4. The number of fused-ring (bicyclic) bond motifs is 1. The summed E-state index contributed by atoms with van der Waals surface area (Å²) >= 11 is 0. The molecule has 2 heterocycles. The van der Waals surface area contributed by atoms with E-state index in [1.807, 2.05) is 0 Å². The van der Waals surface area contributed by atoms with Gasteiger partial charge in [-0.2, -0.15) is 0 Å². The monoisotopic (exact) mass is 493 g/mol. The molecule has 0 aliphatic carbocycles. The quantitative estimate of drug-likeness (QED) is 0.199. The van der Waals surface area contributed by atoms with Gasteiger partial charge in [-0.05, 0) is 49.9 Å². The summed E-state index contributed by atoms with van der Waals surface area (Å²) in [5.41, 5.74) is 5.56. The second-order valence-corrected chi connectivity index (χ2v) is 9.37. The zero-order valence-corrected chi connectivity index (χ0v) is 22.8. The van der Waals surface area contributed by atoms with Crippen molar-refractivity contribution < 1.29 is 9.47 Å². The van der Waals surface area contributed by atoms with E-state index in [0.29, 0.717) is 18.9 Å². The second-order valence-electron chi connectivity index (χ2n) is 9.37. The van der Waals surface area contributed by atoms with Gasteiger partial charge in [0, 0.05) is 31.1 Å². The van der Waals surface area contributed by atoms with Crippen LogP contribution in [-0.2, 0) is 11.2 Å². The van der Waals surface area contributed by atoms with Crippen molar-refractivity contribution in [1.82, 2.24) is 19.8 Å². The van der Waals surface area contributed by atoms with Crippen LogP contribution >= 0.6 is 0 Å². The molecular weight excluding hydrogens is 450 g/mol. The maximum Gasteiger partial charge on any atom is 0.230 e. The first kappa shape index (κ1) is 27.4. The van der Waals surface area contributed by atoms with Gasteiger partial charge < -0.3 is 14.4 Å². The Labute approximate surface area is 216 Å². The third kappa shape index (κ3) is 7.19. The first-order valence-electron chi connectivity index (χ1n) is 13.6. The summed E-state index contributed by atoms with van der Waals surface area (Å²) in [6, 6.07) is 6.78. The highest BCUT2D eigenvalue weighted by Crippen LogP contribution is 2.28. The molecule has 2 aromatic heterocycles. The number of H-pyrrole nitrogens is 1. The topological polar surface area (TPSA) is 67.7 Å². The number of methoxy groups -OCH3 is 1. The number of ether oxygens (including phenoxy) is 2. The Kier molecular flexibility index (Phi) is 11.0. The number of benzene rings is 1. The van der Waals surface area contributed by atoms with Crippen LogP contribution in [-0.4, -0.2) is 46.6 Å². The van der Waals surface area contributed by atoms with E-state index < -0.39 is 0 Å². The number of hydrogen-bond acceptors (Lipinski definition) is 5. The number of unbranched alkanes of at least 4 members (excludes halogenated alkanes) is 6. The van der Waals surface area contributed by atoms with Gasteiger partial charge in [-0.3, -0.25) is 5.10 Å². The standard InChI is InChI=1S/C29H43N5O2/c1-6-9-11-12-13-14-19-36-29-26(28-31-30-27(17-20-35-5)34(28)32-29)22-24-15-16-25(21-23(24)4)33(8-3)18-10-7-2/h15-16,21,32H,6-14,18-19,22H2,1-5H3. The number of nitrogens with one attached hydrogen (secondary N) is 1. The summed E-state index contributed by atoms with van der Waals surface area (Å²) in [5, 5.41) is 12.0. The van der Waals surface area contributed by atoms with Gasteiger partial charge in [0.15, 0.2) is 5.65 Å². The Morgan fingerprint density at radius 2 is 1.78 bits per heavy atom.